The highest BCUT2D eigenvalue weighted by molar-refractivity contribution is 5.92. The lowest BCUT2D eigenvalue weighted by Crippen LogP contribution is -2.12. The highest BCUT2D eigenvalue weighted by atomic mass is 19.4. The minimum Gasteiger partial charge on any atom is -0.497 e. The van der Waals surface area contributed by atoms with Gasteiger partial charge in [0.1, 0.15) is 11.6 Å². The fourth-order valence-electron chi connectivity index (χ4n) is 4.82. The molecule has 0 spiro atoms. The number of hydrogen-bond acceptors (Lipinski definition) is 3. The van der Waals surface area contributed by atoms with Crippen molar-refractivity contribution in [3.05, 3.63) is 119 Å². The number of aryl methyl sites for hydroxylation is 1. The van der Waals surface area contributed by atoms with Crippen LogP contribution in [-0.4, -0.2) is 22.6 Å². The summed E-state index contributed by atoms with van der Waals surface area (Å²) in [7, 11) is 1.50. The van der Waals surface area contributed by atoms with E-state index < -0.39 is 29.4 Å². The molecular weight excluding hydrogens is 584 g/mol. The van der Waals surface area contributed by atoms with E-state index in [0.29, 0.717) is 46.0 Å². The van der Waals surface area contributed by atoms with Gasteiger partial charge in [0, 0.05) is 28.8 Å². The van der Waals surface area contributed by atoms with Crippen molar-refractivity contribution in [2.45, 2.75) is 25.8 Å². The van der Waals surface area contributed by atoms with Crippen molar-refractivity contribution in [3.63, 3.8) is 0 Å². The molecule has 226 valence electrons. The third kappa shape index (κ3) is 6.31. The van der Waals surface area contributed by atoms with Gasteiger partial charge in [-0.25, -0.2) is 4.98 Å². The summed E-state index contributed by atoms with van der Waals surface area (Å²) >= 11 is 0. The second-order valence-electron chi connectivity index (χ2n) is 10.2. The number of ether oxygens (including phenoxy) is 1. The number of nitrogens with two attached hydrogens (primary N) is 1. The molecule has 0 aliphatic rings. The van der Waals surface area contributed by atoms with Crippen LogP contribution in [0.15, 0.2) is 91.0 Å². The largest absolute Gasteiger partial charge is 0.497 e. The molecule has 0 saturated heterocycles. The topological polar surface area (TPSA) is 70.1 Å². The predicted molar refractivity (Wildman–Crippen MR) is 154 cm³/mol. The van der Waals surface area contributed by atoms with Crippen LogP contribution in [0, 0.1) is 6.92 Å². The molecule has 0 aliphatic carbocycles. The zero-order chi connectivity index (χ0) is 31.8. The van der Waals surface area contributed by atoms with Crippen molar-refractivity contribution in [2.75, 3.05) is 7.11 Å². The predicted octanol–water partition coefficient (Wildman–Crippen LogP) is 8.39. The van der Waals surface area contributed by atoms with Gasteiger partial charge in [-0.1, -0.05) is 42.0 Å². The third-order valence-corrected chi connectivity index (χ3v) is 7.08. The molecule has 44 heavy (non-hydrogen) atoms. The normalized spacial score (nSPS) is 11.9. The molecule has 0 saturated carbocycles. The molecule has 5 nitrogen and oxygen atoms in total. The lowest BCUT2D eigenvalue weighted by molar-refractivity contribution is -0.143. The van der Waals surface area contributed by atoms with Gasteiger partial charge >= 0.3 is 12.4 Å². The van der Waals surface area contributed by atoms with E-state index in [0.717, 1.165) is 5.56 Å². The average molecular weight is 610 g/mol. The Morgan fingerprint density at radius 3 is 1.82 bits per heavy atom. The lowest BCUT2D eigenvalue weighted by Gasteiger charge is -2.17. The Bertz CT molecular complexity index is 1770. The van der Waals surface area contributed by atoms with Crippen LogP contribution >= 0.6 is 0 Å². The van der Waals surface area contributed by atoms with E-state index in [1.807, 2.05) is 19.1 Å². The number of imidazole rings is 1. The van der Waals surface area contributed by atoms with Gasteiger partial charge in [-0.05, 0) is 67.1 Å². The Morgan fingerprint density at radius 2 is 1.32 bits per heavy atom. The first-order valence-electron chi connectivity index (χ1n) is 13.2. The summed E-state index contributed by atoms with van der Waals surface area (Å²) in [6, 6.07) is 21.7. The lowest BCUT2D eigenvalue weighted by atomic mass is 10.0. The second kappa shape index (κ2) is 11.6. The zero-order valence-corrected chi connectivity index (χ0v) is 23.4. The highest BCUT2D eigenvalue weighted by Gasteiger charge is 2.37. The maximum absolute atomic E-state index is 13.9. The minimum absolute atomic E-state index is 0.00774. The maximum atomic E-state index is 13.9. The van der Waals surface area contributed by atoms with E-state index in [1.54, 1.807) is 53.1 Å². The second-order valence-corrected chi connectivity index (χ2v) is 10.2. The number of primary amides is 1. The summed E-state index contributed by atoms with van der Waals surface area (Å²) in [4.78, 5) is 16.3. The number of carbonyl (C=O) groups excluding carboxylic acids is 1. The highest BCUT2D eigenvalue weighted by Crippen LogP contribution is 2.42. The van der Waals surface area contributed by atoms with Crippen LogP contribution in [0.25, 0.3) is 33.9 Å². The van der Waals surface area contributed by atoms with Crippen LogP contribution in [0.5, 0.6) is 5.75 Å². The van der Waals surface area contributed by atoms with Crippen molar-refractivity contribution in [3.8, 4) is 39.7 Å². The standard InChI is InChI=1S/C33H25F6N3O2/c1-19-3-7-21(8-4-19)28-29(22-11-13-27(44-2)14-12-22)42(18-20-5-9-23(10-6-20)30(40)43)31(41-28)24-15-25(32(34,35)36)17-26(16-24)33(37,38)39/h3-17H,18H2,1-2H3,(H2,40,43). The molecule has 1 heterocycles. The summed E-state index contributed by atoms with van der Waals surface area (Å²) in [5.74, 6) is -0.210. The fraction of sp³-hybridized carbons (Fsp3) is 0.152. The van der Waals surface area contributed by atoms with E-state index in [9.17, 15) is 31.1 Å². The Labute approximate surface area is 248 Å². The number of rotatable bonds is 7. The Kier molecular flexibility index (Phi) is 7.98. The molecule has 1 amide bonds. The molecule has 0 aliphatic heterocycles. The van der Waals surface area contributed by atoms with Crippen molar-refractivity contribution in [2.24, 2.45) is 5.73 Å². The molecule has 0 bridgehead atoms. The Balaban J connectivity index is 1.84. The molecule has 4 aromatic carbocycles. The first kappa shape index (κ1) is 30.4. The van der Waals surface area contributed by atoms with E-state index in [1.165, 1.54) is 19.2 Å². The molecular formula is C33H25F6N3O2. The Hall–Kier alpha value is -5.06. The summed E-state index contributed by atoms with van der Waals surface area (Å²) in [5, 5.41) is 0. The molecule has 0 fully saturated rings. The number of amides is 1. The molecule has 0 atom stereocenters. The minimum atomic E-state index is -5.05. The number of halogens is 6. The average Bonchev–Trinajstić information content (AvgIpc) is 3.35. The van der Waals surface area contributed by atoms with Gasteiger partial charge < -0.3 is 15.0 Å². The molecule has 5 aromatic rings. The fourth-order valence-corrected chi connectivity index (χ4v) is 4.82. The Morgan fingerprint density at radius 1 is 0.773 bits per heavy atom. The number of methoxy groups -OCH3 is 1. The van der Waals surface area contributed by atoms with E-state index >= 15 is 0 Å². The summed E-state index contributed by atoms with van der Waals surface area (Å²) in [6.07, 6.45) is -10.1. The van der Waals surface area contributed by atoms with Crippen LogP contribution in [-0.2, 0) is 18.9 Å². The van der Waals surface area contributed by atoms with Gasteiger partial charge in [-0.15, -0.1) is 0 Å². The van der Waals surface area contributed by atoms with Gasteiger partial charge in [0.15, 0.2) is 0 Å². The SMILES string of the molecule is COc1ccc(-c2c(-c3ccc(C)cc3)nc(-c3cc(C(F)(F)F)cc(C(F)(F)F)c3)n2Cc2ccc(C(N)=O)cc2)cc1. The number of hydrogen-bond donors (Lipinski definition) is 1. The number of aromatic nitrogens is 2. The van der Waals surface area contributed by atoms with Crippen molar-refractivity contribution < 1.29 is 35.9 Å². The van der Waals surface area contributed by atoms with Crippen LogP contribution in [0.2, 0.25) is 0 Å². The van der Waals surface area contributed by atoms with Crippen LogP contribution in [0.3, 0.4) is 0 Å². The van der Waals surface area contributed by atoms with E-state index in [-0.39, 0.29) is 29.6 Å². The molecule has 0 radical (unpaired) electrons. The molecule has 0 unspecified atom stereocenters. The first-order valence-corrected chi connectivity index (χ1v) is 13.2. The van der Waals surface area contributed by atoms with Crippen LogP contribution in [0.4, 0.5) is 26.3 Å². The molecule has 2 N–H and O–H groups in total. The summed E-state index contributed by atoms with van der Waals surface area (Å²) < 4.78 is 90.1. The molecule has 11 heteroatoms. The van der Waals surface area contributed by atoms with Gasteiger partial charge in [-0.2, -0.15) is 26.3 Å². The van der Waals surface area contributed by atoms with Gasteiger partial charge in [-0.3, -0.25) is 4.79 Å². The van der Waals surface area contributed by atoms with Crippen molar-refractivity contribution in [1.29, 1.82) is 0 Å². The van der Waals surface area contributed by atoms with Crippen LogP contribution in [0.1, 0.15) is 32.6 Å². The number of alkyl halides is 6. The monoisotopic (exact) mass is 609 g/mol. The number of benzene rings is 4. The first-order chi connectivity index (χ1) is 20.7. The summed E-state index contributed by atoms with van der Waals surface area (Å²) in [5.41, 5.74) is 5.89. The molecule has 1 aromatic heterocycles. The van der Waals surface area contributed by atoms with E-state index in [2.05, 4.69) is 0 Å². The van der Waals surface area contributed by atoms with Crippen molar-refractivity contribution in [1.82, 2.24) is 9.55 Å². The number of nitrogens with zero attached hydrogens (tertiary/aromatic N) is 2. The van der Waals surface area contributed by atoms with E-state index in [4.69, 9.17) is 15.5 Å². The number of carbonyl (C=O) groups is 1. The smallest absolute Gasteiger partial charge is 0.416 e. The third-order valence-electron chi connectivity index (χ3n) is 7.08. The van der Waals surface area contributed by atoms with Gasteiger partial charge in [0.05, 0.1) is 29.6 Å². The van der Waals surface area contributed by atoms with Crippen LogP contribution < -0.4 is 10.5 Å². The quantitative estimate of drug-likeness (QED) is 0.189. The van der Waals surface area contributed by atoms with Gasteiger partial charge in [0.2, 0.25) is 5.91 Å². The molecule has 5 rings (SSSR count). The zero-order valence-electron chi connectivity index (χ0n) is 23.4. The van der Waals surface area contributed by atoms with Crippen molar-refractivity contribution >= 4 is 5.91 Å². The van der Waals surface area contributed by atoms with Gasteiger partial charge in [0.25, 0.3) is 0 Å². The maximum Gasteiger partial charge on any atom is 0.416 e. The summed E-state index contributed by atoms with van der Waals surface area (Å²) in [6.45, 7) is 1.88.